The molecular weight excluding hydrogens is 430 g/mol. The molecule has 0 spiro atoms. The molecule has 0 saturated carbocycles. The van der Waals surface area contributed by atoms with Gasteiger partial charge < -0.3 is 9.64 Å². The third-order valence-electron chi connectivity index (χ3n) is 6.94. The Balaban J connectivity index is 1.21. The van der Waals surface area contributed by atoms with Gasteiger partial charge in [-0.25, -0.2) is 5.01 Å². The fraction of sp³-hybridized carbons (Fsp3) is 0.370. The number of benzene rings is 2. The molecule has 34 heavy (non-hydrogen) atoms. The van der Waals surface area contributed by atoms with Crippen LogP contribution in [0.2, 0.25) is 0 Å². The highest BCUT2D eigenvalue weighted by atomic mass is 16.5. The van der Waals surface area contributed by atoms with Gasteiger partial charge in [0.15, 0.2) is 0 Å². The normalized spacial score (nSPS) is 22.9. The van der Waals surface area contributed by atoms with Crippen LogP contribution in [0.1, 0.15) is 41.6 Å². The molecule has 2 saturated heterocycles. The van der Waals surface area contributed by atoms with E-state index in [1.54, 1.807) is 24.3 Å². The number of carbonyl (C=O) groups excluding carboxylic acids is 3. The van der Waals surface area contributed by atoms with Crippen LogP contribution in [0.4, 0.5) is 5.69 Å². The lowest BCUT2D eigenvalue weighted by Crippen LogP contribution is -2.59. The van der Waals surface area contributed by atoms with Crippen LogP contribution in [-0.2, 0) is 20.9 Å². The fourth-order valence-electron chi connectivity index (χ4n) is 4.96. The van der Waals surface area contributed by atoms with E-state index in [1.165, 1.54) is 5.01 Å². The van der Waals surface area contributed by atoms with Crippen LogP contribution in [0, 0.1) is 11.8 Å². The van der Waals surface area contributed by atoms with Gasteiger partial charge in [-0.15, -0.1) is 0 Å². The van der Waals surface area contributed by atoms with Crippen LogP contribution in [0.3, 0.4) is 0 Å². The summed E-state index contributed by atoms with van der Waals surface area (Å²) in [4.78, 5) is 40.6. The molecule has 2 aliphatic heterocycles. The number of nitrogens with one attached hydrogen (secondary N) is 1. The molecule has 0 radical (unpaired) electrons. The van der Waals surface area contributed by atoms with Gasteiger partial charge in [0, 0.05) is 18.7 Å². The fourth-order valence-corrected chi connectivity index (χ4v) is 4.96. The van der Waals surface area contributed by atoms with Crippen LogP contribution in [0.25, 0.3) is 0 Å². The molecule has 1 aliphatic carbocycles. The van der Waals surface area contributed by atoms with Crippen molar-refractivity contribution in [1.29, 1.82) is 0 Å². The minimum atomic E-state index is -0.354. The number of fused-ring (bicyclic) bond motifs is 1. The number of carbonyl (C=O) groups is 3. The first-order valence-corrected chi connectivity index (χ1v) is 11.9. The molecule has 2 unspecified atom stereocenters. The van der Waals surface area contributed by atoms with E-state index in [2.05, 4.69) is 5.43 Å². The van der Waals surface area contributed by atoms with E-state index in [1.807, 2.05) is 47.4 Å². The van der Waals surface area contributed by atoms with E-state index < -0.39 is 0 Å². The van der Waals surface area contributed by atoms with Crippen molar-refractivity contribution in [2.24, 2.45) is 11.8 Å². The Hall–Kier alpha value is -3.45. The van der Waals surface area contributed by atoms with Crippen molar-refractivity contribution in [2.45, 2.75) is 38.4 Å². The Morgan fingerprint density at radius 2 is 1.68 bits per heavy atom. The Morgan fingerprint density at radius 1 is 0.941 bits per heavy atom. The summed E-state index contributed by atoms with van der Waals surface area (Å²) in [6.45, 7) is 1.82. The molecule has 0 bridgehead atoms. The summed E-state index contributed by atoms with van der Waals surface area (Å²) in [5.41, 5.74) is 4.90. The van der Waals surface area contributed by atoms with E-state index in [-0.39, 0.29) is 35.7 Å². The highest BCUT2D eigenvalue weighted by Crippen LogP contribution is 2.32. The van der Waals surface area contributed by atoms with Crippen molar-refractivity contribution in [3.8, 4) is 0 Å². The molecule has 176 valence electrons. The van der Waals surface area contributed by atoms with Gasteiger partial charge in [-0.05, 0) is 49.4 Å². The van der Waals surface area contributed by atoms with Crippen molar-refractivity contribution in [3.05, 3.63) is 77.9 Å². The number of amides is 3. The maximum atomic E-state index is 13.2. The second-order valence-electron chi connectivity index (χ2n) is 9.14. The number of nitrogens with zero attached hydrogens (tertiary/aromatic N) is 2. The standard InChI is InChI=1S/C27H29N3O4/c31-25-23-11-4-5-12-24(23)27(33)30(28-25)21-10-6-9-20(17-21)26(32)29-15-13-22(14-16-29)34-18-19-7-2-1-3-8-19/h1-10,17,22-24H,11-16,18H2,(H,28,31). The Labute approximate surface area is 199 Å². The van der Waals surface area contributed by atoms with Gasteiger partial charge in [-0.3, -0.25) is 19.8 Å². The molecule has 2 aromatic rings. The number of hydrogen-bond acceptors (Lipinski definition) is 4. The molecule has 0 aromatic heterocycles. The number of piperidine rings is 1. The average Bonchev–Trinajstić information content (AvgIpc) is 2.90. The summed E-state index contributed by atoms with van der Waals surface area (Å²) in [6.07, 6.45) is 6.77. The Bertz CT molecular complexity index is 1090. The number of likely N-dealkylation sites (tertiary alicyclic amines) is 1. The Kier molecular flexibility index (Phi) is 6.45. The highest BCUT2D eigenvalue weighted by Gasteiger charge is 2.42. The largest absolute Gasteiger partial charge is 0.373 e. The van der Waals surface area contributed by atoms with Crippen LogP contribution in [0.5, 0.6) is 0 Å². The summed E-state index contributed by atoms with van der Waals surface area (Å²) in [5, 5.41) is 1.31. The second kappa shape index (κ2) is 9.81. The molecule has 3 aliphatic rings. The maximum Gasteiger partial charge on any atom is 0.253 e. The summed E-state index contributed by atoms with van der Waals surface area (Å²) in [5.74, 6) is -1.02. The average molecular weight is 460 g/mol. The smallest absolute Gasteiger partial charge is 0.253 e. The van der Waals surface area contributed by atoms with Crippen LogP contribution < -0.4 is 10.4 Å². The third kappa shape index (κ3) is 4.61. The van der Waals surface area contributed by atoms with Gasteiger partial charge in [0.1, 0.15) is 0 Å². The Morgan fingerprint density at radius 3 is 2.44 bits per heavy atom. The lowest BCUT2D eigenvalue weighted by molar-refractivity contribution is -0.139. The van der Waals surface area contributed by atoms with E-state index in [9.17, 15) is 14.4 Å². The number of allylic oxidation sites excluding steroid dienone is 2. The van der Waals surface area contributed by atoms with Crippen LogP contribution in [-0.4, -0.2) is 41.8 Å². The molecular formula is C27H29N3O4. The number of anilines is 1. The van der Waals surface area contributed by atoms with Gasteiger partial charge in [0.05, 0.1) is 30.2 Å². The van der Waals surface area contributed by atoms with E-state index in [4.69, 9.17) is 4.74 Å². The minimum Gasteiger partial charge on any atom is -0.373 e. The predicted octanol–water partition coefficient (Wildman–Crippen LogP) is 3.47. The first-order valence-electron chi connectivity index (χ1n) is 11.9. The number of hydrogen-bond donors (Lipinski definition) is 1. The number of hydrazine groups is 1. The molecule has 1 N–H and O–H groups in total. The van der Waals surface area contributed by atoms with E-state index in [0.29, 0.717) is 43.8 Å². The zero-order chi connectivity index (χ0) is 23.5. The van der Waals surface area contributed by atoms with Crippen LogP contribution in [0.15, 0.2) is 66.7 Å². The van der Waals surface area contributed by atoms with Crippen molar-refractivity contribution >= 4 is 23.4 Å². The second-order valence-corrected chi connectivity index (χ2v) is 9.14. The molecule has 7 nitrogen and oxygen atoms in total. The minimum absolute atomic E-state index is 0.0716. The molecule has 2 fully saturated rings. The zero-order valence-corrected chi connectivity index (χ0v) is 19.1. The van der Waals surface area contributed by atoms with Gasteiger partial charge in [-0.1, -0.05) is 48.6 Å². The van der Waals surface area contributed by atoms with Crippen LogP contribution >= 0.6 is 0 Å². The topological polar surface area (TPSA) is 79.0 Å². The summed E-state index contributed by atoms with van der Waals surface area (Å²) >= 11 is 0. The first kappa shape index (κ1) is 22.3. The third-order valence-corrected chi connectivity index (χ3v) is 6.94. The number of ether oxygens (including phenoxy) is 1. The first-order chi connectivity index (χ1) is 16.6. The molecule has 2 atom stereocenters. The van der Waals surface area contributed by atoms with Gasteiger partial charge >= 0.3 is 0 Å². The summed E-state index contributed by atoms with van der Waals surface area (Å²) in [7, 11) is 0. The number of rotatable bonds is 5. The summed E-state index contributed by atoms with van der Waals surface area (Å²) < 4.78 is 6.04. The van der Waals surface area contributed by atoms with Gasteiger partial charge in [0.25, 0.3) is 5.91 Å². The highest BCUT2D eigenvalue weighted by molar-refractivity contribution is 6.05. The van der Waals surface area contributed by atoms with Gasteiger partial charge in [0.2, 0.25) is 11.8 Å². The lowest BCUT2D eigenvalue weighted by Gasteiger charge is -2.38. The molecule has 2 aromatic carbocycles. The molecule has 7 heteroatoms. The van der Waals surface area contributed by atoms with Crippen molar-refractivity contribution in [1.82, 2.24) is 10.3 Å². The zero-order valence-electron chi connectivity index (χ0n) is 19.1. The van der Waals surface area contributed by atoms with E-state index >= 15 is 0 Å². The monoisotopic (exact) mass is 459 g/mol. The quantitative estimate of drug-likeness (QED) is 0.695. The van der Waals surface area contributed by atoms with Crippen molar-refractivity contribution in [3.63, 3.8) is 0 Å². The molecule has 2 heterocycles. The molecule has 5 rings (SSSR count). The predicted molar refractivity (Wildman–Crippen MR) is 128 cm³/mol. The lowest BCUT2D eigenvalue weighted by atomic mass is 9.80. The SMILES string of the molecule is O=C1NN(c2cccc(C(=O)N3CCC(OCc4ccccc4)CC3)c2)C(=O)C2CC=CCC12. The van der Waals surface area contributed by atoms with Gasteiger partial charge in [-0.2, -0.15) is 0 Å². The molecule has 3 amide bonds. The van der Waals surface area contributed by atoms with Crippen molar-refractivity contribution in [2.75, 3.05) is 18.1 Å². The van der Waals surface area contributed by atoms with E-state index in [0.717, 1.165) is 18.4 Å². The summed E-state index contributed by atoms with van der Waals surface area (Å²) in [6, 6.07) is 17.0. The van der Waals surface area contributed by atoms with Crippen molar-refractivity contribution < 1.29 is 19.1 Å². The maximum absolute atomic E-state index is 13.2.